The van der Waals surface area contributed by atoms with Crippen molar-refractivity contribution in [2.75, 3.05) is 32.8 Å². The second-order valence-electron chi connectivity index (χ2n) is 6.28. The molecule has 2 fully saturated rings. The summed E-state index contributed by atoms with van der Waals surface area (Å²) in [6.07, 6.45) is 1.34. The molecule has 138 valence electrons. The van der Waals surface area contributed by atoms with Crippen molar-refractivity contribution in [2.24, 2.45) is 0 Å². The number of halogens is 1. The lowest BCUT2D eigenvalue weighted by Gasteiger charge is -2.36. The molecule has 1 amide bonds. The number of hydrogen-bond donors (Lipinski definition) is 2. The number of ether oxygens (including phenoxy) is 1. The minimum absolute atomic E-state index is 0.0747. The molecule has 25 heavy (non-hydrogen) atoms. The van der Waals surface area contributed by atoms with Crippen molar-refractivity contribution < 1.29 is 22.3 Å². The second kappa shape index (κ2) is 7.77. The van der Waals surface area contributed by atoms with Crippen molar-refractivity contribution >= 4 is 15.9 Å². The summed E-state index contributed by atoms with van der Waals surface area (Å²) in [5.41, 5.74) is 0. The van der Waals surface area contributed by atoms with Crippen LogP contribution in [0.5, 0.6) is 0 Å². The van der Waals surface area contributed by atoms with Crippen molar-refractivity contribution in [2.45, 2.75) is 29.8 Å². The Morgan fingerprint density at radius 3 is 2.96 bits per heavy atom. The average Bonchev–Trinajstić information content (AvgIpc) is 2.62. The first-order valence-electron chi connectivity index (χ1n) is 8.33. The Balaban J connectivity index is 1.64. The number of benzene rings is 1. The predicted molar refractivity (Wildman–Crippen MR) is 88.9 cm³/mol. The van der Waals surface area contributed by atoms with Gasteiger partial charge in [-0.2, -0.15) is 0 Å². The maximum Gasteiger partial charge on any atom is 0.242 e. The van der Waals surface area contributed by atoms with Gasteiger partial charge in [-0.1, -0.05) is 6.07 Å². The maximum absolute atomic E-state index is 13.3. The lowest BCUT2D eigenvalue weighted by molar-refractivity contribution is -0.137. The summed E-state index contributed by atoms with van der Waals surface area (Å²) in [6.45, 7) is 2.43. The topological polar surface area (TPSA) is 87.7 Å². The molecule has 0 bridgehead atoms. The lowest BCUT2D eigenvalue weighted by Crippen LogP contribution is -2.57. The van der Waals surface area contributed by atoms with Gasteiger partial charge in [-0.3, -0.25) is 4.79 Å². The summed E-state index contributed by atoms with van der Waals surface area (Å²) in [5.74, 6) is -0.680. The summed E-state index contributed by atoms with van der Waals surface area (Å²) in [6, 6.07) is 4.11. The molecule has 1 aromatic carbocycles. The SMILES string of the molecule is O=C(C1COCCN1)N1CCCC(NS(=O)(=O)c2cccc(F)c2)C1. The zero-order valence-electron chi connectivity index (χ0n) is 13.8. The highest BCUT2D eigenvalue weighted by atomic mass is 32.2. The van der Waals surface area contributed by atoms with Crippen LogP contribution in [0.25, 0.3) is 0 Å². The summed E-state index contributed by atoms with van der Waals surface area (Å²) < 4.78 is 46.0. The molecule has 0 saturated carbocycles. The normalized spacial score (nSPS) is 24.9. The first-order chi connectivity index (χ1) is 12.0. The number of rotatable bonds is 4. The molecule has 0 radical (unpaired) electrons. The fourth-order valence-electron chi connectivity index (χ4n) is 3.14. The number of carbonyl (C=O) groups excluding carboxylic acids is 1. The minimum atomic E-state index is -3.82. The first-order valence-corrected chi connectivity index (χ1v) is 9.82. The van der Waals surface area contributed by atoms with Crippen LogP contribution in [0, 0.1) is 5.82 Å². The molecular weight excluding hydrogens is 349 g/mol. The second-order valence-corrected chi connectivity index (χ2v) is 8.00. The lowest BCUT2D eigenvalue weighted by atomic mass is 10.1. The van der Waals surface area contributed by atoms with Gasteiger partial charge in [0.05, 0.1) is 18.1 Å². The smallest absolute Gasteiger partial charge is 0.242 e. The number of amides is 1. The molecule has 7 nitrogen and oxygen atoms in total. The molecule has 2 aliphatic rings. The van der Waals surface area contributed by atoms with E-state index in [0.717, 1.165) is 6.07 Å². The van der Waals surface area contributed by atoms with Crippen molar-refractivity contribution in [3.63, 3.8) is 0 Å². The van der Waals surface area contributed by atoms with E-state index < -0.39 is 21.9 Å². The third kappa shape index (κ3) is 4.55. The summed E-state index contributed by atoms with van der Waals surface area (Å²) in [4.78, 5) is 14.1. The van der Waals surface area contributed by atoms with E-state index in [2.05, 4.69) is 10.0 Å². The molecule has 2 N–H and O–H groups in total. The van der Waals surface area contributed by atoms with Gasteiger partial charge < -0.3 is 15.0 Å². The standard InChI is InChI=1S/C16H22FN3O4S/c17-12-3-1-5-14(9-12)25(22,23)19-13-4-2-7-20(10-13)16(21)15-11-24-8-6-18-15/h1,3,5,9,13,15,18-19H,2,4,6-8,10-11H2. The quantitative estimate of drug-likeness (QED) is 0.783. The van der Waals surface area contributed by atoms with E-state index >= 15 is 0 Å². The Bertz CT molecular complexity index is 722. The number of morpholine rings is 1. The average molecular weight is 371 g/mol. The number of hydrogen-bond acceptors (Lipinski definition) is 5. The Morgan fingerprint density at radius 1 is 1.40 bits per heavy atom. The number of nitrogens with zero attached hydrogens (tertiary/aromatic N) is 1. The molecule has 2 heterocycles. The van der Waals surface area contributed by atoms with Crippen LogP contribution >= 0.6 is 0 Å². The highest BCUT2D eigenvalue weighted by molar-refractivity contribution is 7.89. The van der Waals surface area contributed by atoms with Crippen LogP contribution in [0.3, 0.4) is 0 Å². The van der Waals surface area contributed by atoms with Crippen molar-refractivity contribution in [1.82, 2.24) is 14.9 Å². The van der Waals surface area contributed by atoms with Gasteiger partial charge >= 0.3 is 0 Å². The third-order valence-electron chi connectivity index (χ3n) is 4.38. The molecule has 2 atom stereocenters. The van der Waals surface area contributed by atoms with Crippen molar-refractivity contribution in [1.29, 1.82) is 0 Å². The molecule has 2 saturated heterocycles. The number of nitrogens with one attached hydrogen (secondary N) is 2. The zero-order valence-corrected chi connectivity index (χ0v) is 14.6. The maximum atomic E-state index is 13.3. The van der Waals surface area contributed by atoms with Crippen LogP contribution in [0.15, 0.2) is 29.2 Å². The van der Waals surface area contributed by atoms with Crippen LogP contribution in [0.2, 0.25) is 0 Å². The Kier molecular flexibility index (Phi) is 5.67. The highest BCUT2D eigenvalue weighted by Crippen LogP contribution is 2.16. The van der Waals surface area contributed by atoms with Crippen molar-refractivity contribution in [3.8, 4) is 0 Å². The van der Waals surface area contributed by atoms with Crippen LogP contribution < -0.4 is 10.0 Å². The van der Waals surface area contributed by atoms with Crippen molar-refractivity contribution in [3.05, 3.63) is 30.1 Å². The van der Waals surface area contributed by atoms with Gasteiger partial charge in [-0.25, -0.2) is 17.5 Å². The fraction of sp³-hybridized carbons (Fsp3) is 0.562. The Labute approximate surface area is 146 Å². The van der Waals surface area contributed by atoms with E-state index in [1.165, 1.54) is 18.2 Å². The summed E-state index contributed by atoms with van der Waals surface area (Å²) in [5, 5.41) is 3.11. The van der Waals surface area contributed by atoms with Gasteiger partial charge in [0.15, 0.2) is 0 Å². The molecule has 3 rings (SSSR count). The van der Waals surface area contributed by atoms with Gasteiger partial charge in [0.2, 0.25) is 15.9 Å². The molecular formula is C16H22FN3O4S. The van der Waals surface area contributed by atoms with Gasteiger partial charge in [0.25, 0.3) is 0 Å². The van der Waals surface area contributed by atoms with Gasteiger partial charge in [0, 0.05) is 25.7 Å². The summed E-state index contributed by atoms with van der Waals surface area (Å²) in [7, 11) is -3.82. The number of likely N-dealkylation sites (tertiary alicyclic amines) is 1. The van der Waals surface area contributed by atoms with E-state index in [0.29, 0.717) is 45.7 Å². The number of piperidine rings is 1. The molecule has 0 spiro atoms. The van der Waals surface area contributed by atoms with E-state index in [1.54, 1.807) is 4.90 Å². The van der Waals surface area contributed by atoms with Gasteiger partial charge in [-0.05, 0) is 31.0 Å². The molecule has 9 heteroatoms. The van der Waals surface area contributed by atoms with Gasteiger partial charge in [-0.15, -0.1) is 0 Å². The zero-order chi connectivity index (χ0) is 17.9. The molecule has 2 aliphatic heterocycles. The van der Waals surface area contributed by atoms with Crippen LogP contribution in [0.1, 0.15) is 12.8 Å². The minimum Gasteiger partial charge on any atom is -0.378 e. The molecule has 0 aromatic heterocycles. The highest BCUT2D eigenvalue weighted by Gasteiger charge is 2.31. The Morgan fingerprint density at radius 2 is 2.24 bits per heavy atom. The largest absolute Gasteiger partial charge is 0.378 e. The summed E-state index contributed by atoms with van der Waals surface area (Å²) >= 11 is 0. The van der Waals surface area contributed by atoms with Crippen LogP contribution in [-0.2, 0) is 19.6 Å². The first kappa shape index (κ1) is 18.2. The number of sulfonamides is 1. The third-order valence-corrected chi connectivity index (χ3v) is 5.90. The van der Waals surface area contributed by atoms with Gasteiger partial charge in [0.1, 0.15) is 11.9 Å². The molecule has 2 unspecified atom stereocenters. The molecule has 0 aliphatic carbocycles. The van der Waals surface area contributed by atoms with E-state index in [1.807, 2.05) is 0 Å². The van der Waals surface area contributed by atoms with Crippen LogP contribution in [0.4, 0.5) is 4.39 Å². The monoisotopic (exact) mass is 371 g/mol. The fourth-order valence-corrected chi connectivity index (χ4v) is 4.43. The van der Waals surface area contributed by atoms with E-state index in [-0.39, 0.29) is 16.8 Å². The van der Waals surface area contributed by atoms with E-state index in [4.69, 9.17) is 4.74 Å². The van der Waals surface area contributed by atoms with E-state index in [9.17, 15) is 17.6 Å². The predicted octanol–water partition coefficient (Wildman–Crippen LogP) is 0.0834. The molecule has 1 aromatic rings. The Hall–Kier alpha value is -1.55. The van der Waals surface area contributed by atoms with Crippen LogP contribution in [-0.4, -0.2) is 64.2 Å². The number of carbonyl (C=O) groups is 1.